The molecule has 0 unspecified atom stereocenters. The molecule has 1 aliphatic rings. The number of nitrogens with one attached hydrogen (secondary N) is 2. The lowest BCUT2D eigenvalue weighted by molar-refractivity contribution is -0.121. The molecule has 4 nitrogen and oxygen atoms in total. The highest BCUT2D eigenvalue weighted by Gasteiger charge is 2.23. The summed E-state index contributed by atoms with van der Waals surface area (Å²) in [5.41, 5.74) is 2.19. The van der Waals surface area contributed by atoms with Crippen LogP contribution in [0.25, 0.3) is 10.9 Å². The Morgan fingerprint density at radius 1 is 1.45 bits per heavy atom. The standard InChI is InChI=1S/C15H18ClN3O/c1-17-7-10-8-19(9-15(20)18-12-3-4-12)14-6-11(16)2-5-13(10)14/h2,5-6,8,12,17H,3-4,7,9H2,1H3,(H,18,20). The molecule has 1 amide bonds. The van der Waals surface area contributed by atoms with E-state index in [9.17, 15) is 4.79 Å². The Morgan fingerprint density at radius 3 is 2.95 bits per heavy atom. The predicted octanol–water partition coefficient (Wildman–Crippen LogP) is 2.29. The number of carbonyl (C=O) groups excluding carboxylic acids is 1. The Bertz CT molecular complexity index is 646. The van der Waals surface area contributed by atoms with E-state index in [-0.39, 0.29) is 5.91 Å². The normalized spacial score (nSPS) is 14.7. The quantitative estimate of drug-likeness (QED) is 0.888. The first-order valence-electron chi connectivity index (χ1n) is 6.88. The van der Waals surface area contributed by atoms with Gasteiger partial charge in [-0.05, 0) is 37.6 Å². The van der Waals surface area contributed by atoms with Crippen LogP contribution in [-0.4, -0.2) is 23.6 Å². The van der Waals surface area contributed by atoms with Gasteiger partial charge in [0.2, 0.25) is 5.91 Å². The average molecular weight is 292 g/mol. The lowest BCUT2D eigenvalue weighted by Gasteiger charge is -2.06. The number of fused-ring (bicyclic) bond motifs is 1. The minimum atomic E-state index is 0.0698. The maximum atomic E-state index is 12.0. The molecule has 0 saturated heterocycles. The van der Waals surface area contributed by atoms with Crippen LogP contribution in [0.3, 0.4) is 0 Å². The van der Waals surface area contributed by atoms with Crippen molar-refractivity contribution in [2.75, 3.05) is 7.05 Å². The molecule has 0 radical (unpaired) electrons. The fraction of sp³-hybridized carbons (Fsp3) is 0.400. The van der Waals surface area contributed by atoms with Gasteiger partial charge < -0.3 is 15.2 Å². The Balaban J connectivity index is 1.91. The molecule has 0 spiro atoms. The fourth-order valence-corrected chi connectivity index (χ4v) is 2.63. The molecule has 1 saturated carbocycles. The van der Waals surface area contributed by atoms with Crippen LogP contribution in [0.15, 0.2) is 24.4 Å². The summed E-state index contributed by atoms with van der Waals surface area (Å²) in [5, 5.41) is 8.00. The number of rotatable bonds is 5. The Hall–Kier alpha value is -1.52. The van der Waals surface area contributed by atoms with Crippen LogP contribution < -0.4 is 10.6 Å². The number of halogens is 1. The van der Waals surface area contributed by atoms with Gasteiger partial charge in [-0.15, -0.1) is 0 Å². The molecule has 106 valence electrons. The van der Waals surface area contributed by atoms with Gasteiger partial charge in [0, 0.05) is 29.2 Å². The third kappa shape index (κ3) is 2.81. The van der Waals surface area contributed by atoms with E-state index in [4.69, 9.17) is 11.6 Å². The third-order valence-corrected chi connectivity index (χ3v) is 3.79. The van der Waals surface area contributed by atoms with Gasteiger partial charge in [0.15, 0.2) is 0 Å². The fourth-order valence-electron chi connectivity index (χ4n) is 2.46. The second kappa shape index (κ2) is 5.46. The summed E-state index contributed by atoms with van der Waals surface area (Å²) in [6.45, 7) is 1.12. The molecule has 0 aliphatic heterocycles. The van der Waals surface area contributed by atoms with Gasteiger partial charge in [-0.1, -0.05) is 17.7 Å². The lowest BCUT2D eigenvalue weighted by atomic mass is 10.2. The summed E-state index contributed by atoms with van der Waals surface area (Å²) >= 11 is 6.08. The largest absolute Gasteiger partial charge is 0.352 e. The minimum absolute atomic E-state index is 0.0698. The van der Waals surface area contributed by atoms with E-state index in [1.165, 1.54) is 5.56 Å². The van der Waals surface area contributed by atoms with E-state index in [1.54, 1.807) is 0 Å². The molecule has 0 atom stereocenters. The molecule has 20 heavy (non-hydrogen) atoms. The number of nitrogens with zero attached hydrogens (tertiary/aromatic N) is 1. The van der Waals surface area contributed by atoms with E-state index in [0.717, 1.165) is 30.3 Å². The summed E-state index contributed by atoms with van der Waals surface area (Å²) in [6.07, 6.45) is 4.24. The maximum absolute atomic E-state index is 12.0. The van der Waals surface area contributed by atoms with Crippen molar-refractivity contribution in [2.45, 2.75) is 32.0 Å². The summed E-state index contributed by atoms with van der Waals surface area (Å²) < 4.78 is 1.98. The SMILES string of the molecule is CNCc1cn(CC(=O)NC2CC2)c2cc(Cl)ccc12. The third-order valence-electron chi connectivity index (χ3n) is 3.55. The molecule has 1 fully saturated rings. The monoisotopic (exact) mass is 291 g/mol. The number of benzene rings is 1. The summed E-state index contributed by atoms with van der Waals surface area (Å²) in [6, 6.07) is 6.21. The van der Waals surface area contributed by atoms with Crippen LogP contribution in [-0.2, 0) is 17.9 Å². The van der Waals surface area contributed by atoms with Crippen LogP contribution >= 0.6 is 11.6 Å². The summed E-state index contributed by atoms with van der Waals surface area (Å²) in [7, 11) is 1.92. The molecule has 2 N–H and O–H groups in total. The Kier molecular flexibility index (Phi) is 3.68. The summed E-state index contributed by atoms with van der Waals surface area (Å²) in [5.74, 6) is 0.0698. The smallest absolute Gasteiger partial charge is 0.240 e. The highest BCUT2D eigenvalue weighted by atomic mass is 35.5. The molecule has 1 aromatic heterocycles. The number of carbonyl (C=O) groups is 1. The molecule has 5 heteroatoms. The molecule has 0 bridgehead atoms. The van der Waals surface area contributed by atoms with Crippen molar-refractivity contribution in [1.82, 2.24) is 15.2 Å². The first-order valence-corrected chi connectivity index (χ1v) is 7.26. The Morgan fingerprint density at radius 2 is 2.25 bits per heavy atom. The Labute approximate surface area is 123 Å². The van der Waals surface area contributed by atoms with Crippen molar-refractivity contribution in [3.63, 3.8) is 0 Å². The molecule has 3 rings (SSSR count). The number of hydrogen-bond donors (Lipinski definition) is 2. The van der Waals surface area contributed by atoms with Gasteiger partial charge in [-0.2, -0.15) is 0 Å². The number of amides is 1. The van der Waals surface area contributed by atoms with E-state index < -0.39 is 0 Å². The van der Waals surface area contributed by atoms with Crippen molar-refractivity contribution >= 4 is 28.4 Å². The van der Waals surface area contributed by atoms with Gasteiger partial charge in [0.25, 0.3) is 0 Å². The predicted molar refractivity (Wildman–Crippen MR) is 80.9 cm³/mol. The molecule has 1 aliphatic carbocycles. The van der Waals surface area contributed by atoms with Crippen LogP contribution in [0.4, 0.5) is 0 Å². The summed E-state index contributed by atoms with van der Waals surface area (Å²) in [4.78, 5) is 12.0. The lowest BCUT2D eigenvalue weighted by Crippen LogP contribution is -2.29. The second-order valence-electron chi connectivity index (χ2n) is 5.32. The van der Waals surface area contributed by atoms with Gasteiger partial charge in [-0.25, -0.2) is 0 Å². The van der Waals surface area contributed by atoms with E-state index >= 15 is 0 Å². The first-order chi connectivity index (χ1) is 9.67. The van der Waals surface area contributed by atoms with Gasteiger partial charge in [0.1, 0.15) is 6.54 Å². The second-order valence-corrected chi connectivity index (χ2v) is 5.75. The van der Waals surface area contributed by atoms with Crippen molar-refractivity contribution in [3.8, 4) is 0 Å². The molecular formula is C15H18ClN3O. The zero-order valence-corrected chi connectivity index (χ0v) is 12.2. The highest BCUT2D eigenvalue weighted by Crippen LogP contribution is 2.25. The highest BCUT2D eigenvalue weighted by molar-refractivity contribution is 6.31. The minimum Gasteiger partial charge on any atom is -0.352 e. The van der Waals surface area contributed by atoms with E-state index in [1.807, 2.05) is 36.0 Å². The topological polar surface area (TPSA) is 46.1 Å². The van der Waals surface area contributed by atoms with E-state index in [0.29, 0.717) is 17.6 Å². The number of hydrogen-bond acceptors (Lipinski definition) is 2. The van der Waals surface area contributed by atoms with Crippen molar-refractivity contribution in [3.05, 3.63) is 35.0 Å². The van der Waals surface area contributed by atoms with E-state index in [2.05, 4.69) is 10.6 Å². The van der Waals surface area contributed by atoms with Gasteiger partial charge >= 0.3 is 0 Å². The van der Waals surface area contributed by atoms with Crippen LogP contribution in [0.2, 0.25) is 5.02 Å². The molecule has 1 heterocycles. The molecule has 1 aromatic carbocycles. The average Bonchev–Trinajstić information content (AvgIpc) is 3.15. The molecule has 2 aromatic rings. The van der Waals surface area contributed by atoms with Crippen molar-refractivity contribution in [1.29, 1.82) is 0 Å². The van der Waals surface area contributed by atoms with Gasteiger partial charge in [-0.3, -0.25) is 4.79 Å². The van der Waals surface area contributed by atoms with Crippen molar-refractivity contribution < 1.29 is 4.79 Å². The van der Waals surface area contributed by atoms with Crippen LogP contribution in [0.1, 0.15) is 18.4 Å². The molecular weight excluding hydrogens is 274 g/mol. The van der Waals surface area contributed by atoms with Crippen LogP contribution in [0, 0.1) is 0 Å². The maximum Gasteiger partial charge on any atom is 0.240 e. The zero-order chi connectivity index (χ0) is 14.1. The first kappa shape index (κ1) is 13.5. The van der Waals surface area contributed by atoms with Crippen molar-refractivity contribution in [2.24, 2.45) is 0 Å². The zero-order valence-electron chi connectivity index (χ0n) is 11.4. The number of aromatic nitrogens is 1. The van der Waals surface area contributed by atoms with Crippen LogP contribution in [0.5, 0.6) is 0 Å². The van der Waals surface area contributed by atoms with Gasteiger partial charge in [0.05, 0.1) is 5.52 Å².